The average molecular weight is 434 g/mol. The van der Waals surface area contributed by atoms with Crippen molar-refractivity contribution >= 4 is 21.6 Å². The zero-order chi connectivity index (χ0) is 21.0. The summed E-state index contributed by atoms with van der Waals surface area (Å²) in [6, 6.07) is -0.362. The average Bonchev–Trinajstić information content (AvgIpc) is 3.20. The third kappa shape index (κ3) is 4.10. The van der Waals surface area contributed by atoms with Gasteiger partial charge in [-0.05, 0) is 38.5 Å². The number of likely N-dealkylation sites (tertiary alicyclic amines) is 1. The number of aromatic nitrogens is 2. The summed E-state index contributed by atoms with van der Waals surface area (Å²) < 4.78 is 65.0. The van der Waals surface area contributed by atoms with Gasteiger partial charge in [-0.25, -0.2) is 13.1 Å². The van der Waals surface area contributed by atoms with Crippen LogP contribution in [0.4, 0.5) is 19.0 Å². The Kier molecular flexibility index (Phi) is 5.07. The van der Waals surface area contributed by atoms with E-state index in [1.807, 2.05) is 0 Å². The lowest BCUT2D eigenvalue weighted by Gasteiger charge is -2.41. The highest BCUT2D eigenvalue weighted by molar-refractivity contribution is 7.91. The van der Waals surface area contributed by atoms with Crippen molar-refractivity contribution in [1.82, 2.24) is 14.7 Å². The molecule has 7 nitrogen and oxygen atoms in total. The van der Waals surface area contributed by atoms with Crippen LogP contribution in [0.1, 0.15) is 37.4 Å². The number of carbonyl (C=O) groups excluding carboxylic acids is 1. The molecule has 0 saturated carbocycles. The van der Waals surface area contributed by atoms with E-state index < -0.39 is 28.0 Å². The zero-order valence-electron chi connectivity index (χ0n) is 16.2. The number of hydrogen-bond acceptors (Lipinski definition) is 5. The molecule has 0 bridgehead atoms. The molecule has 2 fully saturated rings. The second-order valence-electron chi connectivity index (χ2n) is 8.42. The molecular weight excluding hydrogens is 409 g/mol. The van der Waals surface area contributed by atoms with E-state index in [9.17, 15) is 26.4 Å². The highest BCUT2D eigenvalue weighted by Crippen LogP contribution is 2.42. The Balaban J connectivity index is 1.40. The molecule has 0 aliphatic carbocycles. The number of hydrogen-bond donors (Lipinski definition) is 1. The summed E-state index contributed by atoms with van der Waals surface area (Å²) in [5, 5.41) is 7.22. The van der Waals surface area contributed by atoms with E-state index in [1.54, 1.807) is 17.9 Å². The van der Waals surface area contributed by atoms with Gasteiger partial charge in [0.2, 0.25) is 5.91 Å². The number of halogens is 3. The molecule has 1 aromatic rings. The third-order valence-corrected chi connectivity index (χ3v) is 8.11. The van der Waals surface area contributed by atoms with Gasteiger partial charge in [-0.1, -0.05) is 0 Å². The topological polar surface area (TPSA) is 84.3 Å². The molecule has 29 heavy (non-hydrogen) atoms. The summed E-state index contributed by atoms with van der Waals surface area (Å²) in [6.07, 6.45) is -2.90. The zero-order valence-corrected chi connectivity index (χ0v) is 17.0. The normalized spacial score (nSPS) is 30.1. The highest BCUT2D eigenvalue weighted by atomic mass is 32.2. The minimum Gasteiger partial charge on any atom is -0.367 e. The lowest BCUT2D eigenvalue weighted by molar-refractivity contribution is -0.174. The summed E-state index contributed by atoms with van der Waals surface area (Å²) in [5.41, 5.74) is 0.536. The molecule has 11 heteroatoms. The van der Waals surface area contributed by atoms with Gasteiger partial charge in [-0.2, -0.15) is 18.3 Å². The quantitative estimate of drug-likeness (QED) is 0.771. The van der Waals surface area contributed by atoms with Crippen molar-refractivity contribution in [2.45, 2.75) is 50.9 Å². The van der Waals surface area contributed by atoms with Crippen LogP contribution < -0.4 is 5.32 Å². The van der Waals surface area contributed by atoms with Gasteiger partial charge < -0.3 is 10.2 Å². The number of fused-ring (bicyclic) bond motifs is 1. The van der Waals surface area contributed by atoms with Crippen molar-refractivity contribution in [3.05, 3.63) is 11.8 Å². The number of nitrogens with one attached hydrogen (secondary N) is 1. The molecule has 4 heterocycles. The second-order valence-corrected chi connectivity index (χ2v) is 10.7. The van der Waals surface area contributed by atoms with Crippen molar-refractivity contribution in [2.24, 2.45) is 11.8 Å². The molecule has 3 aliphatic heterocycles. The Morgan fingerprint density at radius 3 is 2.52 bits per heavy atom. The van der Waals surface area contributed by atoms with E-state index in [2.05, 4.69) is 10.4 Å². The van der Waals surface area contributed by atoms with Crippen LogP contribution >= 0.6 is 0 Å². The Morgan fingerprint density at radius 1 is 1.24 bits per heavy atom. The maximum absolute atomic E-state index is 13.6. The Morgan fingerprint density at radius 2 is 1.93 bits per heavy atom. The molecule has 2 saturated heterocycles. The second kappa shape index (κ2) is 7.17. The van der Waals surface area contributed by atoms with Gasteiger partial charge in [0.15, 0.2) is 15.9 Å². The first kappa shape index (κ1) is 20.5. The predicted octanol–water partition coefficient (Wildman–Crippen LogP) is 2.15. The highest BCUT2D eigenvalue weighted by Gasteiger charge is 2.48. The number of amides is 1. The molecule has 0 aromatic carbocycles. The van der Waals surface area contributed by atoms with Crippen LogP contribution in [-0.2, 0) is 14.6 Å². The van der Waals surface area contributed by atoms with Gasteiger partial charge in [0.05, 0.1) is 23.1 Å². The van der Waals surface area contributed by atoms with Crippen molar-refractivity contribution in [3.63, 3.8) is 0 Å². The number of rotatable bonds is 2. The summed E-state index contributed by atoms with van der Waals surface area (Å²) in [4.78, 5) is 14.3. The maximum atomic E-state index is 13.6. The largest absolute Gasteiger partial charge is 0.410 e. The molecule has 3 atom stereocenters. The first-order valence-corrected chi connectivity index (χ1v) is 11.7. The Hall–Kier alpha value is -1.78. The van der Waals surface area contributed by atoms with E-state index in [4.69, 9.17) is 0 Å². The molecule has 0 radical (unpaired) electrons. The van der Waals surface area contributed by atoms with Crippen LogP contribution in [0.2, 0.25) is 0 Å². The van der Waals surface area contributed by atoms with E-state index >= 15 is 0 Å². The standard InChI is InChI=1S/C18H25F3N4O3S/c1-11-8-16-22-14(9-15(18(19,20)21)25(16)23-11)12-2-5-24(6-3-12)17(26)13-4-7-29(27,28)10-13/h8,12-15,22H,2-7,9-10H2,1H3/t13?,14-,15+/m0/s1. The first-order chi connectivity index (χ1) is 13.5. The summed E-state index contributed by atoms with van der Waals surface area (Å²) in [5.74, 6) is -0.250. The third-order valence-electron chi connectivity index (χ3n) is 6.34. The Labute approximate surface area is 167 Å². The molecule has 1 amide bonds. The number of sulfone groups is 1. The fourth-order valence-electron chi connectivity index (χ4n) is 4.80. The van der Waals surface area contributed by atoms with Gasteiger partial charge in [0.1, 0.15) is 5.82 Å². The van der Waals surface area contributed by atoms with E-state index in [1.165, 1.54) is 0 Å². The van der Waals surface area contributed by atoms with E-state index in [0.29, 0.717) is 43.9 Å². The van der Waals surface area contributed by atoms with Crippen molar-refractivity contribution in [3.8, 4) is 0 Å². The van der Waals surface area contributed by atoms with Gasteiger partial charge in [-0.15, -0.1) is 0 Å². The molecule has 162 valence electrons. The van der Waals surface area contributed by atoms with E-state index in [0.717, 1.165) is 4.68 Å². The fourth-order valence-corrected chi connectivity index (χ4v) is 6.54. The van der Waals surface area contributed by atoms with Crippen LogP contribution in [0.25, 0.3) is 0 Å². The van der Waals surface area contributed by atoms with Crippen LogP contribution in [0.3, 0.4) is 0 Å². The molecule has 3 aliphatic rings. The van der Waals surface area contributed by atoms with Gasteiger partial charge >= 0.3 is 6.18 Å². The Bertz CT molecular complexity index is 891. The van der Waals surface area contributed by atoms with E-state index in [-0.39, 0.29) is 35.8 Å². The van der Waals surface area contributed by atoms with Gasteiger partial charge in [-0.3, -0.25) is 4.79 Å². The minimum atomic E-state index is -4.38. The lowest BCUT2D eigenvalue weighted by Crippen LogP contribution is -2.48. The van der Waals surface area contributed by atoms with Crippen LogP contribution in [-0.4, -0.2) is 65.8 Å². The van der Waals surface area contributed by atoms with Crippen LogP contribution in [0, 0.1) is 18.8 Å². The molecule has 0 spiro atoms. The van der Waals surface area contributed by atoms with Crippen molar-refractivity contribution < 1.29 is 26.4 Å². The summed E-state index contributed by atoms with van der Waals surface area (Å²) in [7, 11) is -3.13. The predicted molar refractivity (Wildman–Crippen MR) is 100 cm³/mol. The molecular formula is C18H25F3N4O3S. The van der Waals surface area contributed by atoms with Gasteiger partial charge in [0.25, 0.3) is 0 Å². The number of anilines is 1. The number of carbonyl (C=O) groups is 1. The summed E-state index contributed by atoms with van der Waals surface area (Å²) >= 11 is 0. The lowest BCUT2D eigenvalue weighted by atomic mass is 9.84. The summed E-state index contributed by atoms with van der Waals surface area (Å²) in [6.45, 7) is 2.57. The number of piperidine rings is 1. The molecule has 1 N–H and O–H groups in total. The molecule has 1 aromatic heterocycles. The van der Waals surface area contributed by atoms with Crippen molar-refractivity contribution in [2.75, 3.05) is 29.9 Å². The monoisotopic (exact) mass is 434 g/mol. The SMILES string of the molecule is Cc1cc2n(n1)[C@@H](C(F)(F)F)C[C@@H](C1CCN(C(=O)C3CCS(=O)(=O)C3)CC1)N2. The number of nitrogens with zero attached hydrogens (tertiary/aromatic N) is 3. The molecule has 1 unspecified atom stereocenters. The van der Waals surface area contributed by atoms with Crippen LogP contribution in [0.5, 0.6) is 0 Å². The fraction of sp³-hybridized carbons (Fsp3) is 0.778. The first-order valence-electron chi connectivity index (χ1n) is 9.92. The smallest absolute Gasteiger partial charge is 0.367 e. The molecule has 4 rings (SSSR count). The van der Waals surface area contributed by atoms with Gasteiger partial charge in [0, 0.05) is 25.2 Å². The number of aryl methyl sites for hydroxylation is 1. The maximum Gasteiger partial charge on any atom is 0.410 e. The minimum absolute atomic E-state index is 0.0140. The van der Waals surface area contributed by atoms with Crippen molar-refractivity contribution in [1.29, 1.82) is 0 Å². The number of alkyl halides is 3. The van der Waals surface area contributed by atoms with Crippen LogP contribution in [0.15, 0.2) is 6.07 Å².